The van der Waals surface area contributed by atoms with Crippen LogP contribution in [0.25, 0.3) is 10.9 Å². The lowest BCUT2D eigenvalue weighted by atomic mass is 9.87. The van der Waals surface area contributed by atoms with Crippen molar-refractivity contribution >= 4 is 16.6 Å². The van der Waals surface area contributed by atoms with Crippen LogP contribution in [-0.4, -0.2) is 51.5 Å². The van der Waals surface area contributed by atoms with E-state index in [1.165, 1.54) is 41.4 Å². The van der Waals surface area contributed by atoms with Crippen LogP contribution in [0.2, 0.25) is 0 Å². The molecule has 1 saturated carbocycles. The standard InChI is InChI=1S/C29H31N5/c1-3-10-33-16-22(17-33)31-21-8-9-26(30-15-21)29-28-24(23-6-4-5-7-25(23)32-28)11-18(2)34(29)27-14-19-12-20(27)13-19/h1,4-9,15,18-19,22,29,31-32H,10-14,16-17H2,2H3/t18-,29-/m1/s1. The van der Waals surface area contributed by atoms with Gasteiger partial charge < -0.3 is 15.2 Å². The average Bonchev–Trinajstić information content (AvgIpc) is 3.50. The maximum atomic E-state index is 5.43. The Kier molecular flexibility index (Phi) is 4.54. The van der Waals surface area contributed by atoms with Gasteiger partial charge in [-0.1, -0.05) is 29.7 Å². The molecule has 0 unspecified atom stereocenters. The van der Waals surface area contributed by atoms with Crippen molar-refractivity contribution in [3.63, 3.8) is 0 Å². The van der Waals surface area contributed by atoms with E-state index in [9.17, 15) is 0 Å². The summed E-state index contributed by atoms with van der Waals surface area (Å²) in [5.74, 6) is 3.60. The van der Waals surface area contributed by atoms with Gasteiger partial charge in [-0.15, -0.1) is 6.42 Å². The number of rotatable bonds is 5. The fourth-order valence-electron chi connectivity index (χ4n) is 6.70. The van der Waals surface area contributed by atoms with E-state index in [0.29, 0.717) is 12.1 Å². The lowest BCUT2D eigenvalue weighted by Gasteiger charge is -2.43. The van der Waals surface area contributed by atoms with Crippen molar-refractivity contribution in [2.24, 2.45) is 5.92 Å². The second-order valence-electron chi connectivity index (χ2n) is 10.7. The molecule has 5 nitrogen and oxygen atoms in total. The fourth-order valence-corrected chi connectivity index (χ4v) is 6.70. The third-order valence-corrected chi connectivity index (χ3v) is 8.35. The van der Waals surface area contributed by atoms with Crippen molar-refractivity contribution in [1.82, 2.24) is 19.8 Å². The quantitative estimate of drug-likeness (QED) is 0.555. The number of fused-ring (bicyclic) bond motifs is 4. The zero-order valence-corrected chi connectivity index (χ0v) is 19.7. The van der Waals surface area contributed by atoms with Crippen LogP contribution in [0.3, 0.4) is 0 Å². The summed E-state index contributed by atoms with van der Waals surface area (Å²) in [7, 11) is 0. The molecule has 0 spiro atoms. The van der Waals surface area contributed by atoms with Crippen molar-refractivity contribution < 1.29 is 0 Å². The first-order valence-corrected chi connectivity index (χ1v) is 12.6. The molecule has 3 aliphatic carbocycles. The van der Waals surface area contributed by atoms with Crippen molar-refractivity contribution in [1.29, 1.82) is 0 Å². The van der Waals surface area contributed by atoms with Crippen LogP contribution in [0.4, 0.5) is 5.69 Å². The van der Waals surface area contributed by atoms with Gasteiger partial charge in [0.15, 0.2) is 0 Å². The number of H-pyrrole nitrogens is 1. The summed E-state index contributed by atoms with van der Waals surface area (Å²) in [6.45, 7) is 5.12. The Labute approximate surface area is 201 Å². The van der Waals surface area contributed by atoms with Gasteiger partial charge in [0.2, 0.25) is 0 Å². The monoisotopic (exact) mass is 449 g/mol. The molecule has 8 rings (SSSR count). The second kappa shape index (κ2) is 7.65. The summed E-state index contributed by atoms with van der Waals surface area (Å²) < 4.78 is 0. The van der Waals surface area contributed by atoms with Crippen molar-refractivity contribution in [2.75, 3.05) is 25.0 Å². The van der Waals surface area contributed by atoms with Crippen LogP contribution in [-0.2, 0) is 6.42 Å². The van der Waals surface area contributed by atoms with Gasteiger partial charge in [0.05, 0.1) is 30.2 Å². The molecular weight excluding hydrogens is 418 g/mol. The minimum absolute atomic E-state index is 0.136. The number of hydrogen-bond acceptors (Lipinski definition) is 4. The Morgan fingerprint density at radius 1 is 1.12 bits per heavy atom. The highest BCUT2D eigenvalue weighted by Crippen LogP contribution is 2.53. The number of aromatic amines is 1. The zero-order chi connectivity index (χ0) is 22.8. The summed E-state index contributed by atoms with van der Waals surface area (Å²) in [4.78, 5) is 13.8. The molecule has 2 bridgehead atoms. The molecule has 5 heteroatoms. The Balaban J connectivity index is 1.24. The van der Waals surface area contributed by atoms with Gasteiger partial charge in [-0.25, -0.2) is 0 Å². The van der Waals surface area contributed by atoms with E-state index in [2.05, 4.69) is 69.3 Å². The molecule has 1 saturated heterocycles. The summed E-state index contributed by atoms with van der Waals surface area (Å²) in [5.41, 5.74) is 9.53. The number of para-hydroxylation sites is 1. The average molecular weight is 450 g/mol. The van der Waals surface area contributed by atoms with Crippen molar-refractivity contribution in [3.05, 3.63) is 70.8 Å². The molecule has 34 heavy (non-hydrogen) atoms. The van der Waals surface area contributed by atoms with Gasteiger partial charge in [0, 0.05) is 41.4 Å². The summed E-state index contributed by atoms with van der Waals surface area (Å²) in [6, 6.07) is 14.2. The van der Waals surface area contributed by atoms with E-state index >= 15 is 0 Å². The minimum Gasteiger partial charge on any atom is -0.378 e. The molecule has 1 aromatic carbocycles. The van der Waals surface area contributed by atoms with Gasteiger partial charge in [0.25, 0.3) is 0 Å². The van der Waals surface area contributed by atoms with E-state index in [-0.39, 0.29) is 6.04 Å². The van der Waals surface area contributed by atoms with Gasteiger partial charge in [-0.05, 0) is 62.3 Å². The molecule has 0 radical (unpaired) electrons. The number of allylic oxidation sites excluding steroid dienone is 2. The van der Waals surface area contributed by atoms with E-state index in [0.717, 1.165) is 43.4 Å². The molecule has 4 heterocycles. The SMILES string of the molecule is C#CCN1CC(Nc2ccc([C@@H]3c4[nH]c5ccccc5c4C[C@@H](C)N3C3=C4CC(C4)C3)nc2)C1. The van der Waals surface area contributed by atoms with E-state index in [4.69, 9.17) is 11.4 Å². The van der Waals surface area contributed by atoms with Crippen LogP contribution in [0.15, 0.2) is 53.9 Å². The number of likely N-dealkylation sites (tertiary alicyclic amines) is 1. The van der Waals surface area contributed by atoms with Crippen LogP contribution in [0.1, 0.15) is 49.2 Å². The number of benzene rings is 1. The number of nitrogens with one attached hydrogen (secondary N) is 2. The highest BCUT2D eigenvalue weighted by molar-refractivity contribution is 5.85. The molecule has 0 amide bonds. The second-order valence-corrected chi connectivity index (χ2v) is 10.7. The number of aromatic nitrogens is 2. The molecule has 2 aliphatic heterocycles. The Bertz CT molecular complexity index is 1310. The maximum Gasteiger partial charge on any atom is 0.112 e. The Morgan fingerprint density at radius 2 is 1.97 bits per heavy atom. The first kappa shape index (κ1) is 20.2. The smallest absolute Gasteiger partial charge is 0.112 e. The highest BCUT2D eigenvalue weighted by atomic mass is 15.2. The maximum absolute atomic E-state index is 5.43. The number of nitrogens with zero attached hydrogens (tertiary/aromatic N) is 3. The molecular formula is C29H31N5. The largest absolute Gasteiger partial charge is 0.378 e. The van der Waals surface area contributed by atoms with Crippen LogP contribution < -0.4 is 5.32 Å². The van der Waals surface area contributed by atoms with Gasteiger partial charge in [0.1, 0.15) is 6.04 Å². The predicted octanol–water partition coefficient (Wildman–Crippen LogP) is 4.70. The van der Waals surface area contributed by atoms with E-state index in [1.54, 1.807) is 11.3 Å². The normalized spacial score (nSPS) is 24.6. The molecule has 2 atom stereocenters. The fraction of sp³-hybridized carbons (Fsp3) is 0.414. The van der Waals surface area contributed by atoms with Crippen LogP contribution >= 0.6 is 0 Å². The number of anilines is 1. The number of hydrogen-bond donors (Lipinski definition) is 2. The molecule has 2 fully saturated rings. The molecule has 5 aliphatic rings. The predicted molar refractivity (Wildman–Crippen MR) is 136 cm³/mol. The number of terminal acetylenes is 1. The van der Waals surface area contributed by atoms with Gasteiger partial charge in [-0.3, -0.25) is 9.88 Å². The first-order chi connectivity index (χ1) is 16.7. The summed E-state index contributed by atoms with van der Waals surface area (Å²) in [5, 5.41) is 4.99. The van der Waals surface area contributed by atoms with Gasteiger partial charge >= 0.3 is 0 Å². The first-order valence-electron chi connectivity index (χ1n) is 12.6. The van der Waals surface area contributed by atoms with Crippen molar-refractivity contribution in [2.45, 2.75) is 50.7 Å². The van der Waals surface area contributed by atoms with E-state index < -0.39 is 0 Å². The summed E-state index contributed by atoms with van der Waals surface area (Å²) >= 11 is 0. The van der Waals surface area contributed by atoms with Crippen LogP contribution in [0, 0.1) is 18.3 Å². The lowest BCUT2D eigenvalue weighted by Crippen LogP contribution is -2.54. The topological polar surface area (TPSA) is 47.2 Å². The molecule has 172 valence electrons. The zero-order valence-electron chi connectivity index (χ0n) is 19.7. The number of pyridine rings is 1. The summed E-state index contributed by atoms with van der Waals surface area (Å²) in [6.07, 6.45) is 12.4. The molecule has 2 N–H and O–H groups in total. The third-order valence-electron chi connectivity index (χ3n) is 8.35. The Morgan fingerprint density at radius 3 is 2.71 bits per heavy atom. The Hall–Kier alpha value is -3.23. The van der Waals surface area contributed by atoms with Crippen molar-refractivity contribution in [3.8, 4) is 12.3 Å². The van der Waals surface area contributed by atoms with Crippen LogP contribution in [0.5, 0.6) is 0 Å². The molecule has 3 aromatic rings. The van der Waals surface area contributed by atoms with E-state index in [1.807, 2.05) is 6.20 Å². The van der Waals surface area contributed by atoms with Gasteiger partial charge in [-0.2, -0.15) is 0 Å². The third kappa shape index (κ3) is 3.09. The highest BCUT2D eigenvalue weighted by Gasteiger charge is 2.44. The lowest BCUT2D eigenvalue weighted by molar-refractivity contribution is 0.184. The minimum atomic E-state index is 0.136. The molecule has 2 aromatic heterocycles.